The summed E-state index contributed by atoms with van der Waals surface area (Å²) in [6.45, 7) is 13.9. The molecule has 0 radical (unpaired) electrons. The molecule has 0 rings (SSSR count). The van der Waals surface area contributed by atoms with Crippen molar-refractivity contribution < 1.29 is 4.74 Å². The molecule has 0 saturated carbocycles. The maximum Gasteiger partial charge on any atom is 0.0633 e. The second-order valence-corrected chi connectivity index (χ2v) is 15.7. The Morgan fingerprint density at radius 1 is 0.256 bits per heavy atom. The Bertz CT molecular complexity index is 475. The summed E-state index contributed by atoms with van der Waals surface area (Å²) < 4.78 is 6.67. The Morgan fingerprint density at radius 3 is 0.605 bits per heavy atom. The molecule has 0 fully saturated rings. The van der Waals surface area contributed by atoms with Gasteiger partial charge in [0.2, 0.25) is 0 Å². The van der Waals surface area contributed by atoms with Crippen molar-refractivity contribution in [2.45, 2.75) is 271 Å². The van der Waals surface area contributed by atoms with Gasteiger partial charge in [0.1, 0.15) is 0 Å². The molecule has 1 heteroatoms. The van der Waals surface area contributed by atoms with Gasteiger partial charge in [0, 0.05) is 0 Å². The van der Waals surface area contributed by atoms with Gasteiger partial charge in [-0.3, -0.25) is 0 Å². The fraction of sp³-hybridized carbons (Fsp3) is 1.00. The topological polar surface area (TPSA) is 9.23 Å². The van der Waals surface area contributed by atoms with Crippen LogP contribution >= 0.6 is 0 Å². The van der Waals surface area contributed by atoms with Gasteiger partial charge in [-0.05, 0) is 40.5 Å². The van der Waals surface area contributed by atoms with Crippen LogP contribution in [0.4, 0.5) is 0 Å². The van der Waals surface area contributed by atoms with Crippen LogP contribution in [0.2, 0.25) is 0 Å². The van der Waals surface area contributed by atoms with Gasteiger partial charge in [0.15, 0.2) is 0 Å². The van der Waals surface area contributed by atoms with Crippen molar-refractivity contribution in [3.8, 4) is 0 Å². The lowest BCUT2D eigenvalue weighted by molar-refractivity contribution is -0.130. The van der Waals surface area contributed by atoms with E-state index in [1.807, 2.05) is 0 Å². The zero-order valence-corrected chi connectivity index (χ0v) is 31.4. The number of rotatable bonds is 36. The molecule has 0 unspecified atom stereocenters. The summed E-state index contributed by atoms with van der Waals surface area (Å²) in [5.41, 5.74) is 0.0170. The van der Waals surface area contributed by atoms with E-state index in [0.29, 0.717) is 0 Å². The molecule has 1 nitrogen and oxygen atoms in total. The van der Waals surface area contributed by atoms with Gasteiger partial charge >= 0.3 is 0 Å². The highest BCUT2D eigenvalue weighted by Crippen LogP contribution is 2.29. The molecule has 260 valence electrons. The summed E-state index contributed by atoms with van der Waals surface area (Å²) >= 11 is 0. The molecule has 0 atom stereocenters. The van der Waals surface area contributed by atoms with Crippen molar-refractivity contribution in [1.82, 2.24) is 0 Å². The molecular weight excluding hydrogens is 520 g/mol. The van der Waals surface area contributed by atoms with E-state index in [1.165, 1.54) is 218 Å². The normalized spacial score (nSPS) is 12.4. The quantitative estimate of drug-likeness (QED) is 0.0645. The molecule has 0 N–H and O–H groups in total. The summed E-state index contributed by atoms with van der Waals surface area (Å²) in [6, 6.07) is 0. The minimum Gasteiger partial charge on any atom is -0.370 e. The van der Waals surface area contributed by atoms with Crippen molar-refractivity contribution in [1.29, 1.82) is 0 Å². The first kappa shape index (κ1) is 43.0. The third-order valence-corrected chi connectivity index (χ3v) is 9.82. The molecule has 0 heterocycles. The predicted octanol–water partition coefficient (Wildman–Crippen LogP) is 15.9. The fourth-order valence-electron chi connectivity index (χ4n) is 7.05. The van der Waals surface area contributed by atoms with Crippen LogP contribution in [-0.2, 0) is 4.74 Å². The molecule has 0 aromatic rings. The van der Waals surface area contributed by atoms with E-state index >= 15 is 0 Å². The first-order valence-corrected chi connectivity index (χ1v) is 20.5. The second kappa shape index (κ2) is 31.9. The van der Waals surface area contributed by atoms with Crippen LogP contribution in [-0.4, -0.2) is 11.2 Å². The third kappa shape index (κ3) is 34.7. The van der Waals surface area contributed by atoms with Gasteiger partial charge in [-0.2, -0.15) is 0 Å². The molecule has 0 bridgehead atoms. The van der Waals surface area contributed by atoms with Gasteiger partial charge in [-0.25, -0.2) is 0 Å². The van der Waals surface area contributed by atoms with E-state index in [0.717, 1.165) is 0 Å². The van der Waals surface area contributed by atoms with E-state index in [-0.39, 0.29) is 11.2 Å². The van der Waals surface area contributed by atoms with Gasteiger partial charge in [0.25, 0.3) is 0 Å². The lowest BCUT2D eigenvalue weighted by atomic mass is 9.94. The molecular formula is C42H86O. The average Bonchev–Trinajstić information content (AvgIpc) is 2.96. The van der Waals surface area contributed by atoms with Crippen LogP contribution in [0.5, 0.6) is 0 Å². The molecule has 0 aromatic carbocycles. The standard InChI is InChI=1S/C42H86O/c1-7-9-11-13-15-17-19-21-23-25-27-29-31-33-35-37-39-41(3,4)43-42(5,6)40-38-36-34-32-30-28-26-24-22-20-18-16-14-12-10-8-2/h7-40H2,1-6H3. The van der Waals surface area contributed by atoms with Crippen molar-refractivity contribution in [3.05, 3.63) is 0 Å². The van der Waals surface area contributed by atoms with E-state index in [2.05, 4.69) is 41.5 Å². The molecule has 0 aromatic heterocycles. The van der Waals surface area contributed by atoms with Crippen molar-refractivity contribution in [2.75, 3.05) is 0 Å². The highest BCUT2D eigenvalue weighted by molar-refractivity contribution is 4.77. The van der Waals surface area contributed by atoms with E-state index in [9.17, 15) is 0 Å². The summed E-state index contributed by atoms with van der Waals surface area (Å²) in [5.74, 6) is 0. The van der Waals surface area contributed by atoms with Crippen LogP contribution in [0.25, 0.3) is 0 Å². The minimum absolute atomic E-state index is 0.00849. The lowest BCUT2D eigenvalue weighted by Crippen LogP contribution is -2.37. The first-order valence-electron chi connectivity index (χ1n) is 20.5. The lowest BCUT2D eigenvalue weighted by Gasteiger charge is -2.36. The van der Waals surface area contributed by atoms with Gasteiger partial charge in [-0.15, -0.1) is 0 Å². The first-order chi connectivity index (χ1) is 20.8. The number of hydrogen-bond acceptors (Lipinski definition) is 1. The molecule has 43 heavy (non-hydrogen) atoms. The van der Waals surface area contributed by atoms with E-state index < -0.39 is 0 Å². The molecule has 0 aliphatic heterocycles. The highest BCUT2D eigenvalue weighted by Gasteiger charge is 2.28. The van der Waals surface area contributed by atoms with Crippen molar-refractivity contribution in [3.63, 3.8) is 0 Å². The maximum absolute atomic E-state index is 6.67. The maximum atomic E-state index is 6.67. The summed E-state index contributed by atoms with van der Waals surface area (Å²) in [6.07, 6.45) is 48.4. The van der Waals surface area contributed by atoms with Gasteiger partial charge < -0.3 is 4.74 Å². The van der Waals surface area contributed by atoms with E-state index in [1.54, 1.807) is 0 Å². The predicted molar refractivity (Wildman–Crippen MR) is 198 cm³/mol. The Kier molecular flexibility index (Phi) is 31.9. The fourth-order valence-corrected chi connectivity index (χ4v) is 7.05. The van der Waals surface area contributed by atoms with Crippen molar-refractivity contribution in [2.24, 2.45) is 0 Å². The summed E-state index contributed by atoms with van der Waals surface area (Å²) in [7, 11) is 0. The minimum atomic E-state index is 0.00849. The Morgan fingerprint density at radius 2 is 0.419 bits per heavy atom. The van der Waals surface area contributed by atoms with Crippen LogP contribution in [0.3, 0.4) is 0 Å². The van der Waals surface area contributed by atoms with Gasteiger partial charge in [0.05, 0.1) is 11.2 Å². The average molecular weight is 607 g/mol. The Balaban J connectivity index is 3.51. The van der Waals surface area contributed by atoms with Crippen LogP contribution in [0.15, 0.2) is 0 Å². The number of ether oxygens (including phenoxy) is 1. The smallest absolute Gasteiger partial charge is 0.0633 e. The zero-order valence-electron chi connectivity index (χ0n) is 31.4. The summed E-state index contributed by atoms with van der Waals surface area (Å²) in [5, 5.41) is 0. The number of hydrogen-bond donors (Lipinski definition) is 0. The monoisotopic (exact) mass is 607 g/mol. The Hall–Kier alpha value is -0.0400. The number of unbranched alkanes of at least 4 members (excludes halogenated alkanes) is 30. The highest BCUT2D eigenvalue weighted by atomic mass is 16.5. The third-order valence-electron chi connectivity index (χ3n) is 9.82. The summed E-state index contributed by atoms with van der Waals surface area (Å²) in [4.78, 5) is 0. The SMILES string of the molecule is CCCCCCCCCCCCCCCCCCC(C)(C)OC(C)(C)CCCCCCCCCCCCCCCCCC. The zero-order chi connectivity index (χ0) is 31.7. The Labute approximate surface area is 275 Å². The van der Waals surface area contributed by atoms with Crippen LogP contribution in [0, 0.1) is 0 Å². The van der Waals surface area contributed by atoms with E-state index in [4.69, 9.17) is 4.74 Å². The molecule has 0 saturated heterocycles. The van der Waals surface area contributed by atoms with Crippen LogP contribution < -0.4 is 0 Å². The molecule has 0 aliphatic rings. The largest absolute Gasteiger partial charge is 0.370 e. The van der Waals surface area contributed by atoms with Gasteiger partial charge in [-0.1, -0.05) is 219 Å². The van der Waals surface area contributed by atoms with Crippen LogP contribution in [0.1, 0.15) is 260 Å². The molecule has 0 spiro atoms. The molecule has 0 aliphatic carbocycles. The van der Waals surface area contributed by atoms with Crippen molar-refractivity contribution >= 4 is 0 Å². The second-order valence-electron chi connectivity index (χ2n) is 15.7. The molecule has 0 amide bonds.